The van der Waals surface area contributed by atoms with E-state index in [1.165, 1.54) is 54.1 Å². The fourth-order valence-corrected chi connectivity index (χ4v) is 6.31. The summed E-state index contributed by atoms with van der Waals surface area (Å²) in [6.45, 7) is 3.15. The van der Waals surface area contributed by atoms with Gasteiger partial charge in [0, 0.05) is 18.3 Å². The number of hydrogen-bond donors (Lipinski definition) is 2. The van der Waals surface area contributed by atoms with Gasteiger partial charge >= 0.3 is 6.03 Å². The summed E-state index contributed by atoms with van der Waals surface area (Å²) < 4.78 is 5.31. The van der Waals surface area contributed by atoms with Gasteiger partial charge in [-0.2, -0.15) is 0 Å². The predicted octanol–water partition coefficient (Wildman–Crippen LogP) is 6.54. The molecule has 0 radical (unpaired) electrons. The molecule has 194 valence electrons. The molecule has 0 aliphatic carbocycles. The minimum atomic E-state index is -0.525. The number of hydrogen-bond acceptors (Lipinski definition) is 7. The number of anilines is 4. The standard InChI is InChI=1S/C26H22Cl2N6O3S/c1-37-19-11-18(16(27)10-17(19)28)34-23-20-21(32-26(34)36)22(38-25(20)30-13-29-23)24(35)31-15-6-4-14(5-7-15)12-33-8-2-3-9-33/h4-7,10-11,13H,2-3,8-9,12H2,1H3,(H,31,35)(H,32,36). The predicted molar refractivity (Wildman–Crippen MR) is 150 cm³/mol. The van der Waals surface area contributed by atoms with Gasteiger partial charge in [-0.15, -0.1) is 11.3 Å². The Morgan fingerprint density at radius 2 is 1.89 bits per heavy atom. The fraction of sp³-hybridized carbons (Fsp3) is 0.231. The number of nitrogens with zero attached hydrogens (tertiary/aromatic N) is 4. The maximum atomic E-state index is 13.3. The van der Waals surface area contributed by atoms with Crippen molar-refractivity contribution in [2.75, 3.05) is 35.7 Å². The molecule has 0 bridgehead atoms. The Hall–Kier alpha value is -3.44. The van der Waals surface area contributed by atoms with Gasteiger partial charge in [0.1, 0.15) is 21.8 Å². The molecule has 2 aliphatic heterocycles. The number of nitrogens with one attached hydrogen (secondary N) is 2. The van der Waals surface area contributed by atoms with Gasteiger partial charge in [0.15, 0.2) is 5.82 Å². The Morgan fingerprint density at radius 3 is 2.63 bits per heavy atom. The van der Waals surface area contributed by atoms with Crippen molar-refractivity contribution in [3.05, 3.63) is 63.2 Å². The van der Waals surface area contributed by atoms with E-state index in [0.29, 0.717) is 48.7 Å². The van der Waals surface area contributed by atoms with E-state index < -0.39 is 6.03 Å². The number of thiophene rings is 1. The van der Waals surface area contributed by atoms with Crippen molar-refractivity contribution in [2.45, 2.75) is 19.4 Å². The summed E-state index contributed by atoms with van der Waals surface area (Å²) in [5.41, 5.74) is 2.57. The molecule has 2 N–H and O–H groups in total. The molecule has 12 heteroatoms. The van der Waals surface area contributed by atoms with Crippen LogP contribution in [0.25, 0.3) is 10.2 Å². The SMILES string of the molecule is COc1cc(N2C(=O)Nc3c(C(=O)Nc4ccc(CN5CCCC5)cc4)sc4ncnc2c34)c(Cl)cc1Cl. The third kappa shape index (κ3) is 4.43. The van der Waals surface area contributed by atoms with Crippen LogP contribution in [0.15, 0.2) is 42.7 Å². The molecule has 3 amide bonds. The van der Waals surface area contributed by atoms with E-state index in [4.69, 9.17) is 27.9 Å². The third-order valence-corrected chi connectivity index (χ3v) is 8.29. The van der Waals surface area contributed by atoms with Crippen LogP contribution >= 0.6 is 34.5 Å². The third-order valence-electron chi connectivity index (χ3n) is 6.60. The van der Waals surface area contributed by atoms with Crippen LogP contribution in [0.5, 0.6) is 5.75 Å². The molecule has 0 spiro atoms. The average Bonchev–Trinajstić information content (AvgIpc) is 3.55. The first-order valence-corrected chi connectivity index (χ1v) is 13.5. The summed E-state index contributed by atoms with van der Waals surface area (Å²) in [5, 5.41) is 6.87. The van der Waals surface area contributed by atoms with E-state index in [1.807, 2.05) is 24.3 Å². The number of likely N-dealkylation sites (tertiary alicyclic amines) is 1. The number of carbonyl (C=O) groups excluding carboxylic acids is 2. The first kappa shape index (κ1) is 24.9. The number of carbonyl (C=O) groups is 2. The van der Waals surface area contributed by atoms with E-state index >= 15 is 0 Å². The minimum absolute atomic E-state index is 0.238. The van der Waals surface area contributed by atoms with E-state index in [9.17, 15) is 9.59 Å². The van der Waals surface area contributed by atoms with Crippen molar-refractivity contribution in [1.29, 1.82) is 0 Å². The normalized spacial score (nSPS) is 15.1. The second kappa shape index (κ2) is 10.0. The molecule has 1 saturated heterocycles. The average molecular weight is 569 g/mol. The van der Waals surface area contributed by atoms with Gasteiger partial charge in [-0.3, -0.25) is 9.69 Å². The number of benzene rings is 2. The molecule has 0 saturated carbocycles. The van der Waals surface area contributed by atoms with E-state index in [2.05, 4.69) is 25.5 Å². The quantitative estimate of drug-likeness (QED) is 0.274. The molecule has 4 aromatic rings. The van der Waals surface area contributed by atoms with Crippen molar-refractivity contribution >= 4 is 79.6 Å². The summed E-state index contributed by atoms with van der Waals surface area (Å²) in [7, 11) is 1.47. The molecule has 1 fully saturated rings. The Balaban J connectivity index is 1.31. The van der Waals surface area contributed by atoms with Crippen LogP contribution in [0.1, 0.15) is 28.1 Å². The van der Waals surface area contributed by atoms with Crippen LogP contribution in [0.3, 0.4) is 0 Å². The second-order valence-corrected chi connectivity index (χ2v) is 10.8. The summed E-state index contributed by atoms with van der Waals surface area (Å²) >= 11 is 13.8. The van der Waals surface area contributed by atoms with Gasteiger partial charge in [0.05, 0.1) is 33.9 Å². The van der Waals surface area contributed by atoms with E-state index in [1.54, 1.807) is 6.07 Å². The van der Waals surface area contributed by atoms with Gasteiger partial charge in [-0.25, -0.2) is 19.7 Å². The van der Waals surface area contributed by atoms with Crippen molar-refractivity contribution in [3.63, 3.8) is 0 Å². The zero-order valence-electron chi connectivity index (χ0n) is 20.3. The highest BCUT2D eigenvalue weighted by molar-refractivity contribution is 7.21. The van der Waals surface area contributed by atoms with Gasteiger partial charge in [-0.05, 0) is 49.7 Å². The Bertz CT molecular complexity index is 1570. The Morgan fingerprint density at radius 1 is 1.13 bits per heavy atom. The molecule has 0 atom stereocenters. The zero-order valence-corrected chi connectivity index (χ0v) is 22.6. The highest BCUT2D eigenvalue weighted by Gasteiger charge is 2.35. The molecular weight excluding hydrogens is 547 g/mol. The Labute approximate surface area is 232 Å². The monoisotopic (exact) mass is 568 g/mol. The minimum Gasteiger partial charge on any atom is -0.495 e. The van der Waals surface area contributed by atoms with Gasteiger partial charge in [0.25, 0.3) is 5.91 Å². The molecule has 2 aromatic heterocycles. The van der Waals surface area contributed by atoms with Crippen LogP contribution in [-0.2, 0) is 6.54 Å². The molecule has 2 aliphatic rings. The van der Waals surface area contributed by atoms with Gasteiger partial charge in [-0.1, -0.05) is 35.3 Å². The number of halogens is 2. The number of rotatable bonds is 6. The van der Waals surface area contributed by atoms with Crippen molar-refractivity contribution < 1.29 is 14.3 Å². The molecule has 38 heavy (non-hydrogen) atoms. The molecule has 0 unspecified atom stereocenters. The lowest BCUT2D eigenvalue weighted by atomic mass is 10.1. The number of methoxy groups -OCH3 is 1. The van der Waals surface area contributed by atoms with Crippen LogP contribution in [-0.4, -0.2) is 47.0 Å². The van der Waals surface area contributed by atoms with E-state index in [0.717, 1.165) is 19.6 Å². The number of aromatic nitrogens is 2. The number of ether oxygens (including phenoxy) is 1. The lowest BCUT2D eigenvalue weighted by molar-refractivity contribution is 0.103. The van der Waals surface area contributed by atoms with Crippen LogP contribution in [0.4, 0.5) is 27.7 Å². The highest BCUT2D eigenvalue weighted by Crippen LogP contribution is 2.47. The van der Waals surface area contributed by atoms with E-state index in [-0.39, 0.29) is 10.9 Å². The molecule has 4 heterocycles. The summed E-state index contributed by atoms with van der Waals surface area (Å²) in [5.74, 6) is 0.314. The largest absolute Gasteiger partial charge is 0.495 e. The Kier molecular flexibility index (Phi) is 6.56. The molecular formula is C26H22Cl2N6O3S. The van der Waals surface area contributed by atoms with Crippen LogP contribution < -0.4 is 20.3 Å². The van der Waals surface area contributed by atoms with Crippen LogP contribution in [0.2, 0.25) is 10.0 Å². The van der Waals surface area contributed by atoms with Crippen LogP contribution in [0, 0.1) is 0 Å². The summed E-state index contributed by atoms with van der Waals surface area (Å²) in [4.78, 5) is 40.0. The maximum Gasteiger partial charge on any atom is 0.332 e. The van der Waals surface area contributed by atoms with Crippen molar-refractivity contribution in [2.24, 2.45) is 0 Å². The van der Waals surface area contributed by atoms with Gasteiger partial charge in [0.2, 0.25) is 0 Å². The van der Waals surface area contributed by atoms with Gasteiger partial charge < -0.3 is 15.4 Å². The first-order chi connectivity index (χ1) is 18.4. The number of amides is 3. The smallest absolute Gasteiger partial charge is 0.332 e. The topological polar surface area (TPSA) is 99.7 Å². The zero-order chi connectivity index (χ0) is 26.4. The first-order valence-electron chi connectivity index (χ1n) is 12.0. The molecule has 9 nitrogen and oxygen atoms in total. The van der Waals surface area contributed by atoms with Crippen molar-refractivity contribution in [1.82, 2.24) is 14.9 Å². The highest BCUT2D eigenvalue weighted by atomic mass is 35.5. The van der Waals surface area contributed by atoms with Crippen molar-refractivity contribution in [3.8, 4) is 5.75 Å². The second-order valence-electron chi connectivity index (χ2n) is 9.02. The fourth-order valence-electron chi connectivity index (χ4n) is 4.78. The lowest BCUT2D eigenvalue weighted by Crippen LogP contribution is -2.35. The molecule has 6 rings (SSSR count). The summed E-state index contributed by atoms with van der Waals surface area (Å²) in [6, 6.07) is 10.4. The molecule has 2 aromatic carbocycles. The number of urea groups is 1. The summed E-state index contributed by atoms with van der Waals surface area (Å²) in [6.07, 6.45) is 3.84. The maximum absolute atomic E-state index is 13.3. The lowest BCUT2D eigenvalue weighted by Gasteiger charge is -2.28.